The van der Waals surface area contributed by atoms with Crippen LogP contribution in [-0.4, -0.2) is 12.1 Å². The van der Waals surface area contributed by atoms with E-state index in [9.17, 15) is 4.79 Å². The molecular weight excluding hydrogens is 236 g/mol. The van der Waals surface area contributed by atoms with Crippen LogP contribution in [0.5, 0.6) is 0 Å². The van der Waals surface area contributed by atoms with Crippen molar-refractivity contribution in [3.05, 3.63) is 23.8 Å². The lowest BCUT2D eigenvalue weighted by Gasteiger charge is -2.37. The Balaban J connectivity index is 2.78. The number of allylic oxidation sites excluding steroid dienone is 3. The van der Waals surface area contributed by atoms with Crippen LogP contribution in [0.15, 0.2) is 23.8 Å². The Kier molecular flexibility index (Phi) is 5.84. The highest BCUT2D eigenvalue weighted by molar-refractivity contribution is 5.66. The van der Waals surface area contributed by atoms with Crippen molar-refractivity contribution in [1.82, 2.24) is 0 Å². The Bertz CT molecular complexity index is 363. The Labute approximate surface area is 117 Å². The number of esters is 1. The van der Waals surface area contributed by atoms with E-state index < -0.39 is 0 Å². The first-order valence-electron chi connectivity index (χ1n) is 7.39. The van der Waals surface area contributed by atoms with E-state index in [1.807, 2.05) is 0 Å². The fraction of sp³-hybridized carbons (Fsp3) is 0.706. The number of carbonyl (C=O) groups is 1. The summed E-state index contributed by atoms with van der Waals surface area (Å²) in [4.78, 5) is 11.1. The van der Waals surface area contributed by atoms with Gasteiger partial charge in [-0.15, -0.1) is 0 Å². The topological polar surface area (TPSA) is 26.3 Å². The minimum atomic E-state index is -0.196. The van der Waals surface area contributed by atoms with E-state index in [1.54, 1.807) is 0 Å². The largest absolute Gasteiger partial charge is 0.458 e. The van der Waals surface area contributed by atoms with Crippen molar-refractivity contribution in [2.24, 2.45) is 11.3 Å². The zero-order valence-electron chi connectivity index (χ0n) is 13.0. The summed E-state index contributed by atoms with van der Waals surface area (Å²) in [5.74, 6) is 0.259. The van der Waals surface area contributed by atoms with Crippen molar-refractivity contribution in [2.45, 2.75) is 66.4 Å². The average molecular weight is 264 g/mol. The molecule has 2 heteroatoms. The second-order valence-electron chi connectivity index (χ2n) is 6.27. The first-order valence-corrected chi connectivity index (χ1v) is 7.39. The summed E-state index contributed by atoms with van der Waals surface area (Å²) >= 11 is 0. The molecule has 0 saturated carbocycles. The van der Waals surface area contributed by atoms with Gasteiger partial charge in [0.1, 0.15) is 6.10 Å². The van der Waals surface area contributed by atoms with Crippen LogP contribution in [0.4, 0.5) is 0 Å². The van der Waals surface area contributed by atoms with Gasteiger partial charge in [-0.05, 0) is 37.7 Å². The molecule has 0 aromatic heterocycles. The van der Waals surface area contributed by atoms with Gasteiger partial charge in [-0.2, -0.15) is 0 Å². The van der Waals surface area contributed by atoms with Crippen LogP contribution in [0.2, 0.25) is 0 Å². The molecule has 2 nitrogen and oxygen atoms in total. The maximum absolute atomic E-state index is 11.1. The van der Waals surface area contributed by atoms with E-state index in [0.29, 0.717) is 11.3 Å². The lowest BCUT2D eigenvalue weighted by molar-refractivity contribution is -0.144. The van der Waals surface area contributed by atoms with Crippen molar-refractivity contribution in [3.63, 3.8) is 0 Å². The smallest absolute Gasteiger partial charge is 0.303 e. The van der Waals surface area contributed by atoms with Crippen LogP contribution in [0, 0.1) is 11.3 Å². The summed E-state index contributed by atoms with van der Waals surface area (Å²) in [5.41, 5.74) is 1.73. The molecule has 0 spiro atoms. The quantitative estimate of drug-likeness (QED) is 0.533. The lowest BCUT2D eigenvalue weighted by Crippen LogP contribution is -2.26. The molecule has 0 radical (unpaired) electrons. The minimum Gasteiger partial charge on any atom is -0.458 e. The monoisotopic (exact) mass is 264 g/mol. The van der Waals surface area contributed by atoms with Crippen LogP contribution in [0.1, 0.15) is 60.3 Å². The molecule has 0 saturated heterocycles. The third-order valence-electron chi connectivity index (χ3n) is 4.00. The zero-order valence-corrected chi connectivity index (χ0v) is 13.0. The van der Waals surface area contributed by atoms with Gasteiger partial charge in [0.25, 0.3) is 0 Å². The fourth-order valence-electron chi connectivity index (χ4n) is 2.91. The molecule has 1 rings (SSSR count). The predicted molar refractivity (Wildman–Crippen MR) is 79.9 cm³/mol. The van der Waals surface area contributed by atoms with Gasteiger partial charge in [0.15, 0.2) is 0 Å². The van der Waals surface area contributed by atoms with Crippen molar-refractivity contribution in [1.29, 1.82) is 0 Å². The maximum Gasteiger partial charge on any atom is 0.303 e. The molecule has 19 heavy (non-hydrogen) atoms. The average Bonchev–Trinajstić information content (AvgIpc) is 2.26. The van der Waals surface area contributed by atoms with E-state index in [4.69, 9.17) is 4.74 Å². The van der Waals surface area contributed by atoms with Crippen molar-refractivity contribution >= 4 is 5.97 Å². The van der Waals surface area contributed by atoms with Crippen LogP contribution in [0.3, 0.4) is 0 Å². The van der Waals surface area contributed by atoms with E-state index in [0.717, 1.165) is 12.8 Å². The molecular formula is C17H28O2. The maximum atomic E-state index is 11.1. The van der Waals surface area contributed by atoms with Crippen molar-refractivity contribution < 1.29 is 9.53 Å². The van der Waals surface area contributed by atoms with Gasteiger partial charge in [-0.25, -0.2) is 0 Å². The molecule has 0 amide bonds. The van der Waals surface area contributed by atoms with Gasteiger partial charge >= 0.3 is 5.97 Å². The Morgan fingerprint density at radius 2 is 2.26 bits per heavy atom. The lowest BCUT2D eigenvalue weighted by atomic mass is 9.68. The molecule has 0 bridgehead atoms. The van der Waals surface area contributed by atoms with Gasteiger partial charge in [0, 0.05) is 12.8 Å². The molecule has 0 aliphatic heterocycles. The van der Waals surface area contributed by atoms with Crippen LogP contribution < -0.4 is 0 Å². The first-order chi connectivity index (χ1) is 8.86. The third-order valence-corrected chi connectivity index (χ3v) is 4.00. The van der Waals surface area contributed by atoms with Gasteiger partial charge in [-0.3, -0.25) is 4.79 Å². The number of carbonyl (C=O) groups excluding carboxylic acids is 1. The van der Waals surface area contributed by atoms with Gasteiger partial charge in [-0.1, -0.05) is 44.9 Å². The number of rotatable bonds is 5. The van der Waals surface area contributed by atoms with Crippen molar-refractivity contribution in [3.8, 4) is 0 Å². The van der Waals surface area contributed by atoms with Crippen molar-refractivity contribution in [2.75, 3.05) is 0 Å². The minimum absolute atomic E-state index is 0.0759. The highest BCUT2D eigenvalue weighted by atomic mass is 16.5. The van der Waals surface area contributed by atoms with Crippen LogP contribution >= 0.6 is 0 Å². The summed E-state index contributed by atoms with van der Waals surface area (Å²) in [7, 11) is 0. The third kappa shape index (κ3) is 4.85. The second kappa shape index (κ2) is 6.93. The number of hydrogen-bond acceptors (Lipinski definition) is 2. The normalized spacial score (nSPS) is 24.1. The SMILES string of the molecule is CCC[C@@H](C=C[C@@H]1C(C)=CCCC1(C)C)OC(C)=O. The predicted octanol–water partition coefficient (Wildman–Crippen LogP) is 4.66. The van der Waals surface area contributed by atoms with Gasteiger partial charge in [0.2, 0.25) is 0 Å². The van der Waals surface area contributed by atoms with E-state index in [1.165, 1.54) is 25.3 Å². The molecule has 0 heterocycles. The zero-order chi connectivity index (χ0) is 14.5. The van der Waals surface area contributed by atoms with Crippen LogP contribution in [-0.2, 0) is 9.53 Å². The summed E-state index contributed by atoms with van der Waals surface area (Å²) in [6.07, 6.45) is 10.9. The summed E-state index contributed by atoms with van der Waals surface area (Å²) < 4.78 is 5.34. The summed E-state index contributed by atoms with van der Waals surface area (Å²) in [5, 5.41) is 0. The Morgan fingerprint density at radius 3 is 2.79 bits per heavy atom. The van der Waals surface area contributed by atoms with E-state index in [2.05, 4.69) is 45.9 Å². The highest BCUT2D eigenvalue weighted by Gasteiger charge is 2.30. The Morgan fingerprint density at radius 1 is 1.58 bits per heavy atom. The van der Waals surface area contributed by atoms with Crippen LogP contribution in [0.25, 0.3) is 0 Å². The summed E-state index contributed by atoms with van der Waals surface area (Å²) in [6.45, 7) is 10.4. The molecule has 1 aliphatic rings. The first kappa shape index (κ1) is 16.0. The molecule has 0 aromatic rings. The highest BCUT2D eigenvalue weighted by Crippen LogP contribution is 2.41. The number of hydrogen-bond donors (Lipinski definition) is 0. The molecule has 0 unspecified atom stereocenters. The molecule has 0 aromatic carbocycles. The molecule has 0 fully saturated rings. The molecule has 1 aliphatic carbocycles. The van der Waals surface area contributed by atoms with E-state index >= 15 is 0 Å². The fourth-order valence-corrected chi connectivity index (χ4v) is 2.91. The van der Waals surface area contributed by atoms with Gasteiger partial charge < -0.3 is 4.74 Å². The summed E-state index contributed by atoms with van der Waals surface area (Å²) in [6, 6.07) is 0. The number of ether oxygens (including phenoxy) is 1. The standard InChI is InChI=1S/C17H28O2/c1-6-8-15(19-14(3)18)10-11-16-13(2)9-7-12-17(16,4)5/h9-11,15-16H,6-8,12H2,1-5H3/t15-,16+/m0/s1. The van der Waals surface area contributed by atoms with E-state index in [-0.39, 0.29) is 12.1 Å². The molecule has 0 N–H and O–H groups in total. The van der Waals surface area contributed by atoms with Gasteiger partial charge in [0.05, 0.1) is 0 Å². The molecule has 2 atom stereocenters. The Hall–Kier alpha value is -1.05. The second-order valence-corrected chi connectivity index (χ2v) is 6.27. The molecule has 108 valence electrons.